The number of aromatic nitrogens is 2. The van der Waals surface area contributed by atoms with Crippen molar-refractivity contribution in [3.63, 3.8) is 0 Å². The Morgan fingerprint density at radius 2 is 1.85 bits per heavy atom. The largest absolute Gasteiger partial charge is 0.393 e. The second-order valence-electron chi connectivity index (χ2n) is 8.35. The highest BCUT2D eigenvalue weighted by Gasteiger charge is 2.37. The van der Waals surface area contributed by atoms with E-state index in [1.165, 1.54) is 5.56 Å². The Morgan fingerprint density at radius 3 is 2.48 bits per heavy atom. The predicted octanol–water partition coefficient (Wildman–Crippen LogP) is 3.55. The molecule has 1 aliphatic rings. The van der Waals surface area contributed by atoms with Crippen molar-refractivity contribution in [2.24, 2.45) is 0 Å². The Bertz CT molecular complexity index is 1160. The van der Waals surface area contributed by atoms with Gasteiger partial charge in [-0.15, -0.1) is 0 Å². The summed E-state index contributed by atoms with van der Waals surface area (Å²) in [5.74, 6) is 7.22. The van der Waals surface area contributed by atoms with Crippen LogP contribution in [-0.2, 0) is 0 Å². The molecular weight excluding hydrogens is 412 g/mol. The molecule has 0 saturated heterocycles. The van der Waals surface area contributed by atoms with Gasteiger partial charge in [-0.25, -0.2) is 4.98 Å². The minimum atomic E-state index is -0.729. The first-order valence-corrected chi connectivity index (χ1v) is 11.2. The third kappa shape index (κ3) is 5.50. The summed E-state index contributed by atoms with van der Waals surface area (Å²) in [5.41, 5.74) is 4.47. The zero-order valence-electron chi connectivity index (χ0n) is 18.6. The van der Waals surface area contributed by atoms with Crippen LogP contribution in [0.4, 0.5) is 0 Å². The average Bonchev–Trinajstić information content (AvgIpc) is 3.44. The number of aliphatic hydroxyl groups is 2. The number of hydrogen-bond donors (Lipinski definition) is 3. The van der Waals surface area contributed by atoms with E-state index in [1.807, 2.05) is 12.1 Å². The summed E-state index contributed by atoms with van der Waals surface area (Å²) in [4.78, 5) is 4.15. The van der Waals surface area contributed by atoms with Crippen LogP contribution in [0.1, 0.15) is 54.8 Å². The van der Waals surface area contributed by atoms with Gasteiger partial charge in [-0.2, -0.15) is 5.26 Å². The van der Waals surface area contributed by atoms with Crippen molar-refractivity contribution in [1.29, 1.82) is 5.26 Å². The van der Waals surface area contributed by atoms with Crippen LogP contribution in [-0.4, -0.2) is 39.0 Å². The number of imidazole rings is 1. The van der Waals surface area contributed by atoms with E-state index >= 15 is 0 Å². The lowest BCUT2D eigenvalue weighted by atomic mass is 10.0. The average molecular weight is 441 g/mol. The van der Waals surface area contributed by atoms with Crippen LogP contribution < -0.4 is 5.32 Å². The molecule has 168 valence electrons. The van der Waals surface area contributed by atoms with E-state index in [0.29, 0.717) is 24.2 Å². The molecule has 1 unspecified atom stereocenters. The molecule has 1 fully saturated rings. The fourth-order valence-electron chi connectivity index (χ4n) is 4.05. The van der Waals surface area contributed by atoms with Crippen LogP contribution in [0.15, 0.2) is 60.9 Å². The van der Waals surface area contributed by atoms with E-state index in [2.05, 4.69) is 64.6 Å². The monoisotopic (exact) mass is 440 g/mol. The lowest BCUT2D eigenvalue weighted by Crippen LogP contribution is -2.18. The molecule has 0 amide bonds. The number of nitrogens with one attached hydrogen (secondary N) is 1. The molecule has 0 radical (unpaired) electrons. The topological polar surface area (TPSA) is 94.1 Å². The number of hydrogen-bond acceptors (Lipinski definition) is 5. The first kappa shape index (κ1) is 22.8. The van der Waals surface area contributed by atoms with Crippen molar-refractivity contribution in [3.05, 3.63) is 77.9 Å². The number of nitrogens with zero attached hydrogens (tertiary/aromatic N) is 3. The van der Waals surface area contributed by atoms with Gasteiger partial charge in [0.1, 0.15) is 18.0 Å². The van der Waals surface area contributed by atoms with Gasteiger partial charge in [0.05, 0.1) is 12.7 Å². The zero-order chi connectivity index (χ0) is 23.2. The van der Waals surface area contributed by atoms with Crippen molar-refractivity contribution in [2.45, 2.75) is 43.9 Å². The van der Waals surface area contributed by atoms with Crippen LogP contribution in [0.2, 0.25) is 0 Å². The van der Waals surface area contributed by atoms with Gasteiger partial charge in [-0.05, 0) is 42.2 Å². The third-order valence-electron chi connectivity index (χ3n) is 5.95. The van der Waals surface area contributed by atoms with Crippen molar-refractivity contribution < 1.29 is 10.2 Å². The summed E-state index contributed by atoms with van der Waals surface area (Å²) >= 11 is 0. The van der Waals surface area contributed by atoms with Gasteiger partial charge in [-0.1, -0.05) is 48.2 Å². The first-order valence-electron chi connectivity index (χ1n) is 11.2. The van der Waals surface area contributed by atoms with Crippen molar-refractivity contribution in [2.75, 3.05) is 13.2 Å². The van der Waals surface area contributed by atoms with Gasteiger partial charge in [0.2, 0.25) is 0 Å². The van der Waals surface area contributed by atoms with Crippen LogP contribution >= 0.6 is 0 Å². The van der Waals surface area contributed by atoms with Crippen LogP contribution in [0, 0.1) is 23.2 Å². The van der Waals surface area contributed by atoms with Crippen molar-refractivity contribution in [3.8, 4) is 29.0 Å². The summed E-state index contributed by atoms with van der Waals surface area (Å²) < 4.78 is 1.71. The van der Waals surface area contributed by atoms with E-state index < -0.39 is 12.1 Å². The summed E-state index contributed by atoms with van der Waals surface area (Å²) in [7, 11) is 0. The van der Waals surface area contributed by atoms with Crippen LogP contribution in [0.5, 0.6) is 0 Å². The van der Waals surface area contributed by atoms with Crippen LogP contribution in [0.25, 0.3) is 11.1 Å². The zero-order valence-corrected chi connectivity index (χ0v) is 18.6. The van der Waals surface area contributed by atoms with E-state index in [1.54, 1.807) is 23.9 Å². The smallest absolute Gasteiger partial charge is 0.138 e. The molecule has 3 N–H and O–H groups in total. The fraction of sp³-hybridized carbons (Fsp3) is 0.333. The molecule has 0 spiro atoms. The molecule has 0 aliphatic heterocycles. The Labute approximate surface area is 194 Å². The maximum Gasteiger partial charge on any atom is 0.138 e. The van der Waals surface area contributed by atoms with Crippen LogP contribution in [0.3, 0.4) is 0 Å². The SMILES string of the molecule is C[C@H](O)c1nccn1[C@@H](C#Cc1ccc(-c2ccc([C@H]3CC3NCCC#N)cc2)cc1)CO. The maximum atomic E-state index is 9.84. The Balaban J connectivity index is 1.40. The molecule has 33 heavy (non-hydrogen) atoms. The van der Waals surface area contributed by atoms with E-state index in [9.17, 15) is 10.2 Å². The molecule has 6 nitrogen and oxygen atoms in total. The molecular formula is C27H28N4O2. The maximum absolute atomic E-state index is 9.84. The van der Waals surface area contributed by atoms with Crippen molar-refractivity contribution >= 4 is 0 Å². The second-order valence-corrected chi connectivity index (χ2v) is 8.35. The van der Waals surface area contributed by atoms with E-state index in [-0.39, 0.29) is 6.61 Å². The van der Waals surface area contributed by atoms with Crippen molar-refractivity contribution in [1.82, 2.24) is 14.9 Å². The lowest BCUT2D eigenvalue weighted by Gasteiger charge is -2.14. The van der Waals surface area contributed by atoms with Gasteiger partial charge in [0.25, 0.3) is 0 Å². The van der Waals surface area contributed by atoms with Gasteiger partial charge in [0.15, 0.2) is 0 Å². The Morgan fingerprint density at radius 1 is 1.15 bits per heavy atom. The van der Waals surface area contributed by atoms with Gasteiger partial charge >= 0.3 is 0 Å². The summed E-state index contributed by atoms with van der Waals surface area (Å²) in [6, 6.07) is 18.9. The summed E-state index contributed by atoms with van der Waals surface area (Å²) in [5, 5.41) is 31.7. The molecule has 1 aliphatic carbocycles. The Hall–Kier alpha value is -3.42. The second kappa shape index (κ2) is 10.5. The quantitative estimate of drug-likeness (QED) is 0.368. The number of aliphatic hydroxyl groups excluding tert-OH is 2. The Kier molecular flexibility index (Phi) is 7.22. The minimum Gasteiger partial charge on any atom is -0.393 e. The lowest BCUT2D eigenvalue weighted by molar-refractivity contribution is 0.176. The fourth-order valence-corrected chi connectivity index (χ4v) is 4.05. The molecule has 1 saturated carbocycles. The normalized spacial score (nSPS) is 18.6. The molecule has 3 aromatic rings. The molecule has 0 bridgehead atoms. The molecule has 2 aromatic carbocycles. The predicted molar refractivity (Wildman–Crippen MR) is 127 cm³/mol. The number of benzene rings is 2. The molecule has 1 aromatic heterocycles. The van der Waals surface area contributed by atoms with Gasteiger partial charge < -0.3 is 20.1 Å². The molecule has 4 rings (SSSR count). The van der Waals surface area contributed by atoms with E-state index in [0.717, 1.165) is 29.7 Å². The molecule has 6 heteroatoms. The molecule has 4 atom stereocenters. The third-order valence-corrected chi connectivity index (χ3v) is 5.95. The number of nitriles is 1. The standard InChI is InChI=1S/C27H28N4O2/c1-19(33)27-30-15-16-31(27)24(18-32)12-5-20-3-6-21(7-4-20)22-8-10-23(11-9-22)25-17-26(25)29-14-2-13-28/h3-4,6-11,15-16,19,24-26,29,32-33H,2,14,17-18H2,1H3/t19-,24-,25+,26?/m0/s1. The summed E-state index contributed by atoms with van der Waals surface area (Å²) in [6.45, 7) is 2.24. The minimum absolute atomic E-state index is 0.163. The molecule has 1 heterocycles. The van der Waals surface area contributed by atoms with Gasteiger partial charge in [-0.3, -0.25) is 0 Å². The first-order chi connectivity index (χ1) is 16.1. The van der Waals surface area contributed by atoms with E-state index in [4.69, 9.17) is 5.26 Å². The highest BCUT2D eigenvalue weighted by Crippen LogP contribution is 2.41. The highest BCUT2D eigenvalue weighted by molar-refractivity contribution is 5.65. The summed E-state index contributed by atoms with van der Waals surface area (Å²) in [6.07, 6.45) is 4.27. The highest BCUT2D eigenvalue weighted by atomic mass is 16.3. The number of rotatable bonds is 8. The van der Waals surface area contributed by atoms with Gasteiger partial charge in [0, 0.05) is 42.9 Å².